The molecule has 0 saturated carbocycles. The Kier molecular flexibility index (Phi) is 8.19. The number of amides is 1. The highest BCUT2D eigenvalue weighted by atomic mass is 35.5. The number of para-hydroxylation sites is 1. The summed E-state index contributed by atoms with van der Waals surface area (Å²) in [4.78, 5) is 13.0. The van der Waals surface area contributed by atoms with E-state index in [9.17, 15) is 17.9 Å². The van der Waals surface area contributed by atoms with Crippen molar-refractivity contribution in [2.45, 2.75) is 12.8 Å². The van der Waals surface area contributed by atoms with E-state index in [2.05, 4.69) is 14.1 Å². The molecule has 11 heteroatoms. The van der Waals surface area contributed by atoms with Gasteiger partial charge in [0, 0.05) is 18.0 Å². The van der Waals surface area contributed by atoms with Gasteiger partial charge in [0.15, 0.2) is 5.82 Å². The van der Waals surface area contributed by atoms with E-state index in [1.54, 1.807) is 30.3 Å². The minimum absolute atomic E-state index is 0.193. The van der Waals surface area contributed by atoms with Crippen LogP contribution < -0.4 is 9.62 Å². The van der Waals surface area contributed by atoms with E-state index in [-0.39, 0.29) is 28.6 Å². The Balaban J connectivity index is 1.56. The van der Waals surface area contributed by atoms with Gasteiger partial charge >= 0.3 is 0 Å². The van der Waals surface area contributed by atoms with Crippen LogP contribution in [0.4, 0.5) is 15.9 Å². The number of nitrogens with zero attached hydrogens (tertiary/aromatic N) is 3. The van der Waals surface area contributed by atoms with Crippen LogP contribution >= 0.6 is 23.3 Å². The fraction of sp³-hybridized carbons (Fsp3) is 0.125. The Morgan fingerprint density at radius 2 is 1.83 bits per heavy atom. The molecule has 35 heavy (non-hydrogen) atoms. The van der Waals surface area contributed by atoms with Crippen molar-refractivity contribution in [3.63, 3.8) is 0 Å². The first-order valence-electron chi connectivity index (χ1n) is 10.5. The lowest BCUT2D eigenvalue weighted by Crippen LogP contribution is -2.29. The highest BCUT2D eigenvalue weighted by Crippen LogP contribution is 2.32. The molecule has 0 spiro atoms. The molecule has 0 saturated heterocycles. The lowest BCUT2D eigenvalue weighted by atomic mass is 10.1. The van der Waals surface area contributed by atoms with Crippen molar-refractivity contribution in [1.29, 1.82) is 0 Å². The zero-order valence-corrected chi connectivity index (χ0v) is 20.6. The SMILES string of the molecule is O=C(NCCc1ccc(F)cc1Cl)c1ccccc1N(c1nsnc1Cc1ccccc1)S(=O)O. The largest absolute Gasteiger partial charge is 0.352 e. The number of benzene rings is 3. The van der Waals surface area contributed by atoms with Gasteiger partial charge in [-0.1, -0.05) is 60.1 Å². The molecule has 7 nitrogen and oxygen atoms in total. The van der Waals surface area contributed by atoms with Crippen LogP contribution in [0.25, 0.3) is 0 Å². The molecule has 180 valence electrons. The average Bonchev–Trinajstić information content (AvgIpc) is 3.28. The van der Waals surface area contributed by atoms with Crippen LogP contribution in [0.5, 0.6) is 0 Å². The van der Waals surface area contributed by atoms with Crippen molar-refractivity contribution < 1.29 is 17.9 Å². The molecule has 1 amide bonds. The normalized spacial score (nSPS) is 11.7. The topological polar surface area (TPSA) is 95.4 Å². The number of nitrogens with one attached hydrogen (secondary N) is 1. The van der Waals surface area contributed by atoms with Gasteiger partial charge in [0.05, 0.1) is 23.0 Å². The molecule has 0 aliphatic heterocycles. The van der Waals surface area contributed by atoms with Crippen LogP contribution in [0.3, 0.4) is 0 Å². The average molecular weight is 531 g/mol. The van der Waals surface area contributed by atoms with Crippen molar-refractivity contribution in [2.75, 3.05) is 10.8 Å². The number of carbonyl (C=O) groups excluding carboxylic acids is 1. The van der Waals surface area contributed by atoms with Crippen molar-refractivity contribution in [1.82, 2.24) is 14.1 Å². The van der Waals surface area contributed by atoms with E-state index in [0.717, 1.165) is 21.6 Å². The standard InChI is InChI=1S/C24H20ClFN4O3S2/c25-20-15-18(26)11-10-17(20)12-13-27-24(31)19-8-4-5-9-22(19)30(35(32)33)23-21(28-34-29-23)14-16-6-2-1-3-7-16/h1-11,15H,12-14H2,(H,27,31)(H,32,33). The molecule has 0 aliphatic carbocycles. The molecule has 0 radical (unpaired) electrons. The highest BCUT2D eigenvalue weighted by Gasteiger charge is 2.26. The smallest absolute Gasteiger partial charge is 0.268 e. The Morgan fingerprint density at radius 1 is 1.09 bits per heavy atom. The molecule has 1 heterocycles. The Hall–Kier alpha value is -3.18. The second-order valence-corrected chi connectivity index (χ2v) is 9.24. The van der Waals surface area contributed by atoms with Gasteiger partial charge in [0.25, 0.3) is 17.2 Å². The van der Waals surface area contributed by atoms with Gasteiger partial charge in [-0.2, -0.15) is 8.75 Å². The third-order valence-corrected chi connectivity index (χ3v) is 6.75. The summed E-state index contributed by atoms with van der Waals surface area (Å²) in [6, 6.07) is 20.1. The number of rotatable bonds is 9. The summed E-state index contributed by atoms with van der Waals surface area (Å²) in [6.45, 7) is 0.234. The molecular weight excluding hydrogens is 511 g/mol. The minimum Gasteiger partial charge on any atom is -0.352 e. The molecule has 3 aromatic carbocycles. The molecule has 1 aromatic heterocycles. The molecule has 0 bridgehead atoms. The summed E-state index contributed by atoms with van der Waals surface area (Å²) in [5, 5.41) is 3.07. The van der Waals surface area contributed by atoms with Gasteiger partial charge in [-0.15, -0.1) is 0 Å². The predicted octanol–water partition coefficient (Wildman–Crippen LogP) is 5.17. The van der Waals surface area contributed by atoms with Gasteiger partial charge < -0.3 is 5.32 Å². The Morgan fingerprint density at radius 3 is 2.57 bits per heavy atom. The van der Waals surface area contributed by atoms with Crippen LogP contribution in [0, 0.1) is 5.82 Å². The molecule has 2 N–H and O–H groups in total. The van der Waals surface area contributed by atoms with E-state index in [1.165, 1.54) is 12.1 Å². The van der Waals surface area contributed by atoms with Gasteiger partial charge in [0.1, 0.15) is 11.5 Å². The number of carbonyl (C=O) groups is 1. The summed E-state index contributed by atoms with van der Waals surface area (Å²) in [5.74, 6) is -0.669. The van der Waals surface area contributed by atoms with Crippen LogP contribution in [0.1, 0.15) is 27.2 Å². The van der Waals surface area contributed by atoms with E-state index in [0.29, 0.717) is 24.1 Å². The Labute approximate surface area is 213 Å². The second-order valence-electron chi connectivity index (χ2n) is 7.48. The summed E-state index contributed by atoms with van der Waals surface area (Å²) in [6.07, 6.45) is 0.799. The summed E-state index contributed by atoms with van der Waals surface area (Å²) >= 11 is 4.47. The third kappa shape index (κ3) is 6.09. The number of hydrogen-bond acceptors (Lipinski definition) is 5. The molecule has 0 aliphatic rings. The van der Waals surface area contributed by atoms with E-state index in [4.69, 9.17) is 11.6 Å². The molecule has 4 rings (SSSR count). The first-order chi connectivity index (χ1) is 16.9. The number of aromatic nitrogens is 2. The first kappa shape index (κ1) is 24.9. The maximum atomic E-state index is 13.3. The van der Waals surface area contributed by atoms with E-state index in [1.807, 2.05) is 30.3 Å². The number of hydrogen-bond donors (Lipinski definition) is 2. The molecule has 1 atom stereocenters. The van der Waals surface area contributed by atoms with Crippen molar-refractivity contribution in [3.8, 4) is 0 Å². The van der Waals surface area contributed by atoms with Gasteiger partial charge in [0.2, 0.25) is 0 Å². The zero-order valence-electron chi connectivity index (χ0n) is 18.2. The van der Waals surface area contributed by atoms with E-state index >= 15 is 0 Å². The van der Waals surface area contributed by atoms with Crippen LogP contribution in [-0.2, 0) is 24.1 Å². The Bertz CT molecular complexity index is 1350. The van der Waals surface area contributed by atoms with E-state index < -0.39 is 23.0 Å². The van der Waals surface area contributed by atoms with Crippen molar-refractivity contribution in [2.24, 2.45) is 0 Å². The first-order valence-corrected chi connectivity index (χ1v) is 12.7. The fourth-order valence-electron chi connectivity index (χ4n) is 3.50. The van der Waals surface area contributed by atoms with Gasteiger partial charge in [-0.25, -0.2) is 12.9 Å². The van der Waals surface area contributed by atoms with Crippen LogP contribution in [-0.4, -0.2) is 30.0 Å². The van der Waals surface area contributed by atoms with Gasteiger partial charge in [-0.05, 0) is 41.8 Å². The molecule has 0 fully saturated rings. The third-order valence-electron chi connectivity index (χ3n) is 5.16. The van der Waals surface area contributed by atoms with Crippen molar-refractivity contribution in [3.05, 3.63) is 106 Å². The molecular formula is C24H20ClFN4O3S2. The summed E-state index contributed by atoms with van der Waals surface area (Å²) in [7, 11) is 0. The van der Waals surface area contributed by atoms with Crippen LogP contribution in [0.2, 0.25) is 5.02 Å². The maximum absolute atomic E-state index is 13.3. The lowest BCUT2D eigenvalue weighted by Gasteiger charge is -2.21. The quantitative estimate of drug-likeness (QED) is 0.291. The monoisotopic (exact) mass is 530 g/mol. The maximum Gasteiger partial charge on any atom is 0.268 e. The number of anilines is 2. The molecule has 4 aromatic rings. The predicted molar refractivity (Wildman–Crippen MR) is 136 cm³/mol. The second kappa shape index (κ2) is 11.5. The lowest BCUT2D eigenvalue weighted by molar-refractivity contribution is 0.0955. The minimum atomic E-state index is -2.52. The van der Waals surface area contributed by atoms with Crippen molar-refractivity contribution >= 4 is 52.0 Å². The molecule has 1 unspecified atom stereocenters. The van der Waals surface area contributed by atoms with Crippen LogP contribution in [0.15, 0.2) is 72.8 Å². The zero-order chi connectivity index (χ0) is 24.8. The fourth-order valence-corrected chi connectivity index (χ4v) is 4.99. The highest BCUT2D eigenvalue weighted by molar-refractivity contribution is 7.81. The van der Waals surface area contributed by atoms with Gasteiger partial charge in [-0.3, -0.25) is 9.35 Å². The summed E-state index contributed by atoms with van der Waals surface area (Å²) in [5.41, 5.74) is 2.59. The number of halogens is 2. The summed E-state index contributed by atoms with van der Waals surface area (Å²) < 4.78 is 45.5.